The normalized spacial score (nSPS) is 12.1. The lowest BCUT2D eigenvalue weighted by Crippen LogP contribution is -2.11. The second kappa shape index (κ2) is 5.89. The van der Waals surface area contributed by atoms with Gasteiger partial charge in [0.2, 0.25) is 0 Å². The van der Waals surface area contributed by atoms with Crippen molar-refractivity contribution in [2.24, 2.45) is 0 Å². The van der Waals surface area contributed by atoms with Crippen LogP contribution >= 0.6 is 0 Å². The van der Waals surface area contributed by atoms with Gasteiger partial charge in [0.25, 0.3) is 0 Å². The largest absolute Gasteiger partial charge is 0.293 e. The van der Waals surface area contributed by atoms with E-state index in [1.54, 1.807) is 12.1 Å². The third-order valence-corrected chi connectivity index (χ3v) is 4.03. The quantitative estimate of drug-likeness (QED) is 0.804. The summed E-state index contributed by atoms with van der Waals surface area (Å²) in [6, 6.07) is 12.5. The summed E-state index contributed by atoms with van der Waals surface area (Å²) in [7, 11) is -1.37. The number of ketones is 1. The van der Waals surface area contributed by atoms with Crippen molar-refractivity contribution >= 4 is 16.6 Å². The molecule has 0 saturated heterocycles. The Kier molecular flexibility index (Phi) is 4.22. The molecule has 0 saturated carbocycles. The third-order valence-electron chi connectivity index (χ3n) is 2.71. The standard InChI is InChI=1S/C15H13FO2S/c1-11-2-8-14(9-3-11)19(18)10-15(17)12-4-6-13(16)7-5-12/h2-9H,10H2,1H3. The summed E-state index contributed by atoms with van der Waals surface area (Å²) in [6.45, 7) is 1.94. The molecule has 0 spiro atoms. The van der Waals surface area contributed by atoms with E-state index in [1.807, 2.05) is 19.1 Å². The summed E-state index contributed by atoms with van der Waals surface area (Å²) < 4.78 is 24.8. The average molecular weight is 276 g/mol. The maximum atomic E-state index is 12.7. The zero-order chi connectivity index (χ0) is 13.8. The minimum atomic E-state index is -1.37. The highest BCUT2D eigenvalue weighted by molar-refractivity contribution is 7.85. The Bertz CT molecular complexity index is 548. The van der Waals surface area contributed by atoms with Gasteiger partial charge in [-0.05, 0) is 43.3 Å². The molecule has 0 radical (unpaired) electrons. The molecule has 2 aromatic rings. The van der Waals surface area contributed by atoms with E-state index in [0.29, 0.717) is 10.5 Å². The maximum absolute atomic E-state index is 12.7. The molecule has 1 unspecified atom stereocenters. The van der Waals surface area contributed by atoms with E-state index in [0.717, 1.165) is 5.56 Å². The van der Waals surface area contributed by atoms with Crippen molar-refractivity contribution in [2.45, 2.75) is 11.8 Å². The van der Waals surface area contributed by atoms with Crippen LogP contribution in [0.2, 0.25) is 0 Å². The third kappa shape index (κ3) is 3.58. The van der Waals surface area contributed by atoms with E-state index in [9.17, 15) is 13.4 Å². The highest BCUT2D eigenvalue weighted by Gasteiger charge is 2.12. The second-order valence-electron chi connectivity index (χ2n) is 4.23. The van der Waals surface area contributed by atoms with Crippen molar-refractivity contribution in [1.82, 2.24) is 0 Å². The number of Topliss-reactive ketones (excluding diaryl/α,β-unsaturated/α-hetero) is 1. The Balaban J connectivity index is 2.08. The van der Waals surface area contributed by atoms with Gasteiger partial charge in [-0.25, -0.2) is 4.39 Å². The lowest BCUT2D eigenvalue weighted by Gasteiger charge is -2.03. The first-order valence-corrected chi connectivity index (χ1v) is 7.12. The van der Waals surface area contributed by atoms with Crippen LogP contribution in [0.25, 0.3) is 0 Å². The smallest absolute Gasteiger partial charge is 0.175 e. The van der Waals surface area contributed by atoms with Crippen LogP contribution in [-0.4, -0.2) is 15.7 Å². The molecule has 98 valence electrons. The first-order valence-electron chi connectivity index (χ1n) is 5.80. The molecule has 2 aromatic carbocycles. The molecule has 2 nitrogen and oxygen atoms in total. The molecular weight excluding hydrogens is 263 g/mol. The number of aryl methyl sites for hydroxylation is 1. The number of halogens is 1. The lowest BCUT2D eigenvalue weighted by atomic mass is 10.1. The molecule has 0 N–H and O–H groups in total. The fraction of sp³-hybridized carbons (Fsp3) is 0.133. The summed E-state index contributed by atoms with van der Waals surface area (Å²) in [4.78, 5) is 12.5. The first-order chi connectivity index (χ1) is 9.06. The molecule has 0 aromatic heterocycles. The van der Waals surface area contributed by atoms with Crippen molar-refractivity contribution in [3.8, 4) is 0 Å². The Morgan fingerprint density at radius 3 is 2.21 bits per heavy atom. The second-order valence-corrected chi connectivity index (χ2v) is 5.68. The molecule has 0 aliphatic carbocycles. The number of carbonyl (C=O) groups excluding carboxylic acids is 1. The molecule has 1 atom stereocenters. The summed E-state index contributed by atoms with van der Waals surface area (Å²) in [5, 5.41) is 0. The van der Waals surface area contributed by atoms with Gasteiger partial charge >= 0.3 is 0 Å². The number of hydrogen-bond donors (Lipinski definition) is 0. The van der Waals surface area contributed by atoms with Crippen molar-refractivity contribution in [2.75, 3.05) is 5.75 Å². The number of hydrogen-bond acceptors (Lipinski definition) is 2. The summed E-state index contributed by atoms with van der Waals surface area (Å²) in [5.74, 6) is -0.732. The van der Waals surface area contributed by atoms with Crippen LogP contribution in [0, 0.1) is 12.7 Å². The Hall–Kier alpha value is -1.81. The minimum Gasteiger partial charge on any atom is -0.293 e. The van der Waals surface area contributed by atoms with Crippen molar-refractivity contribution in [1.29, 1.82) is 0 Å². The van der Waals surface area contributed by atoms with Crippen LogP contribution in [0.15, 0.2) is 53.4 Å². The van der Waals surface area contributed by atoms with Gasteiger partial charge in [0, 0.05) is 10.5 Å². The molecule has 0 bridgehead atoms. The van der Waals surface area contributed by atoms with Gasteiger partial charge in [-0.3, -0.25) is 9.00 Å². The summed E-state index contributed by atoms with van der Waals surface area (Å²) in [6.07, 6.45) is 0. The van der Waals surface area contributed by atoms with Crippen LogP contribution in [0.3, 0.4) is 0 Å². The summed E-state index contributed by atoms with van der Waals surface area (Å²) in [5.41, 5.74) is 1.45. The van der Waals surface area contributed by atoms with Crippen LogP contribution in [0.5, 0.6) is 0 Å². The minimum absolute atomic E-state index is 0.0886. The molecule has 19 heavy (non-hydrogen) atoms. The zero-order valence-electron chi connectivity index (χ0n) is 10.4. The van der Waals surface area contributed by atoms with Gasteiger partial charge in [-0.15, -0.1) is 0 Å². The monoisotopic (exact) mass is 276 g/mol. The van der Waals surface area contributed by atoms with Gasteiger partial charge in [-0.2, -0.15) is 0 Å². The van der Waals surface area contributed by atoms with Crippen molar-refractivity contribution < 1.29 is 13.4 Å². The summed E-state index contributed by atoms with van der Waals surface area (Å²) >= 11 is 0. The fourth-order valence-corrected chi connectivity index (χ4v) is 2.62. The Morgan fingerprint density at radius 2 is 1.63 bits per heavy atom. The number of rotatable bonds is 4. The number of benzene rings is 2. The molecule has 2 rings (SSSR count). The van der Waals surface area contributed by atoms with Crippen LogP contribution in [0.4, 0.5) is 4.39 Å². The van der Waals surface area contributed by atoms with Crippen LogP contribution in [0.1, 0.15) is 15.9 Å². The highest BCUT2D eigenvalue weighted by Crippen LogP contribution is 2.11. The molecule has 0 fully saturated rings. The molecule has 4 heteroatoms. The molecule has 0 heterocycles. The van der Waals surface area contributed by atoms with Gasteiger partial charge in [-0.1, -0.05) is 17.7 Å². The predicted molar refractivity (Wildman–Crippen MR) is 73.2 cm³/mol. The van der Waals surface area contributed by atoms with Crippen LogP contribution in [-0.2, 0) is 10.8 Å². The van der Waals surface area contributed by atoms with E-state index >= 15 is 0 Å². The van der Waals surface area contributed by atoms with Crippen LogP contribution < -0.4 is 0 Å². The topological polar surface area (TPSA) is 34.1 Å². The molecule has 0 aliphatic heterocycles. The maximum Gasteiger partial charge on any atom is 0.175 e. The van der Waals surface area contributed by atoms with Gasteiger partial charge in [0.05, 0.1) is 16.6 Å². The van der Waals surface area contributed by atoms with Gasteiger partial charge in [0.15, 0.2) is 5.78 Å². The molecule has 0 aliphatic rings. The van der Waals surface area contributed by atoms with Gasteiger partial charge in [0.1, 0.15) is 5.82 Å². The van der Waals surface area contributed by atoms with E-state index in [1.165, 1.54) is 24.3 Å². The van der Waals surface area contributed by atoms with E-state index in [2.05, 4.69) is 0 Å². The molecule has 0 amide bonds. The number of carbonyl (C=O) groups is 1. The SMILES string of the molecule is Cc1ccc(S(=O)CC(=O)c2ccc(F)cc2)cc1. The average Bonchev–Trinajstić information content (AvgIpc) is 2.40. The van der Waals surface area contributed by atoms with E-state index in [-0.39, 0.29) is 11.5 Å². The lowest BCUT2D eigenvalue weighted by molar-refractivity contribution is 0.102. The Morgan fingerprint density at radius 1 is 1.05 bits per heavy atom. The fourth-order valence-electron chi connectivity index (χ4n) is 1.61. The first kappa shape index (κ1) is 13.6. The van der Waals surface area contributed by atoms with Crippen molar-refractivity contribution in [3.05, 3.63) is 65.5 Å². The Labute approximate surface area is 113 Å². The highest BCUT2D eigenvalue weighted by atomic mass is 32.2. The van der Waals surface area contributed by atoms with Crippen molar-refractivity contribution in [3.63, 3.8) is 0 Å². The van der Waals surface area contributed by atoms with E-state index in [4.69, 9.17) is 0 Å². The van der Waals surface area contributed by atoms with Gasteiger partial charge < -0.3 is 0 Å². The van der Waals surface area contributed by atoms with E-state index < -0.39 is 16.6 Å². The zero-order valence-corrected chi connectivity index (χ0v) is 11.2. The predicted octanol–water partition coefficient (Wildman–Crippen LogP) is 3.12. The molecular formula is C15H13FO2S.